The minimum Gasteiger partial charge on any atom is -0.383 e. The summed E-state index contributed by atoms with van der Waals surface area (Å²) in [5.41, 5.74) is 0. The van der Waals surface area contributed by atoms with Crippen molar-refractivity contribution < 1.29 is 13.2 Å². The van der Waals surface area contributed by atoms with Crippen LogP contribution in [0, 0.1) is 0 Å². The van der Waals surface area contributed by atoms with Gasteiger partial charge < -0.3 is 4.74 Å². The quantitative estimate of drug-likeness (QED) is 0.730. The zero-order valence-corrected chi connectivity index (χ0v) is 10.5. The molecule has 1 unspecified atom stereocenters. The third-order valence-electron chi connectivity index (χ3n) is 1.64. The Hall–Kier alpha value is -0.440. The molecule has 6 nitrogen and oxygen atoms in total. The molecule has 0 saturated heterocycles. The molecule has 1 aromatic rings. The van der Waals surface area contributed by atoms with E-state index in [9.17, 15) is 8.42 Å². The van der Waals surface area contributed by atoms with Gasteiger partial charge in [-0.1, -0.05) is 15.9 Å². The average Bonchev–Trinajstić information content (AvgIpc) is 2.70. The van der Waals surface area contributed by atoms with Crippen LogP contribution >= 0.6 is 15.9 Å². The van der Waals surface area contributed by atoms with Crippen molar-refractivity contribution in [3.05, 3.63) is 12.3 Å². The molecular formula is C7H12BrN3O3S. The first kappa shape index (κ1) is 12.6. The maximum absolute atomic E-state index is 11.7. The zero-order valence-electron chi connectivity index (χ0n) is 8.10. The van der Waals surface area contributed by atoms with Gasteiger partial charge in [0, 0.05) is 12.4 Å². The van der Waals surface area contributed by atoms with Crippen molar-refractivity contribution in [1.82, 2.24) is 14.9 Å². The van der Waals surface area contributed by atoms with Gasteiger partial charge in [0.15, 0.2) is 5.03 Å². The molecule has 1 aromatic heterocycles. The van der Waals surface area contributed by atoms with Crippen molar-refractivity contribution >= 4 is 26.0 Å². The summed E-state index contributed by atoms with van der Waals surface area (Å²) < 4.78 is 30.7. The number of ether oxygens (including phenoxy) is 1. The van der Waals surface area contributed by atoms with Gasteiger partial charge in [0.25, 0.3) is 10.0 Å². The van der Waals surface area contributed by atoms with Crippen molar-refractivity contribution in [3.63, 3.8) is 0 Å². The number of alkyl halides is 1. The van der Waals surface area contributed by atoms with Crippen molar-refractivity contribution in [2.24, 2.45) is 0 Å². The molecule has 15 heavy (non-hydrogen) atoms. The Morgan fingerprint density at radius 1 is 1.73 bits per heavy atom. The maximum Gasteiger partial charge on any atom is 0.257 e. The van der Waals surface area contributed by atoms with Gasteiger partial charge in [-0.2, -0.15) is 5.10 Å². The molecule has 0 saturated carbocycles. The summed E-state index contributed by atoms with van der Waals surface area (Å²) >= 11 is 3.20. The highest BCUT2D eigenvalue weighted by atomic mass is 79.9. The molecule has 0 amide bonds. The Morgan fingerprint density at radius 2 is 2.47 bits per heavy atom. The van der Waals surface area contributed by atoms with Crippen LogP contribution < -0.4 is 4.72 Å². The fraction of sp³-hybridized carbons (Fsp3) is 0.571. The van der Waals surface area contributed by atoms with E-state index in [1.807, 2.05) is 0 Å². The van der Waals surface area contributed by atoms with Crippen molar-refractivity contribution in [2.45, 2.75) is 11.1 Å². The van der Waals surface area contributed by atoms with Gasteiger partial charge in [0.2, 0.25) is 0 Å². The highest BCUT2D eigenvalue weighted by Crippen LogP contribution is 2.04. The highest BCUT2D eigenvalue weighted by Gasteiger charge is 2.20. The number of hydrogen-bond acceptors (Lipinski definition) is 4. The summed E-state index contributed by atoms with van der Waals surface area (Å²) in [6.07, 6.45) is 1.38. The normalized spacial score (nSPS) is 14.0. The summed E-state index contributed by atoms with van der Waals surface area (Å²) in [5, 5.41) is 6.50. The second-order valence-corrected chi connectivity index (χ2v) is 5.18. The molecule has 1 rings (SSSR count). The van der Waals surface area contributed by atoms with E-state index in [-0.39, 0.29) is 11.1 Å². The highest BCUT2D eigenvalue weighted by molar-refractivity contribution is 9.09. The Labute approximate surface area is 96.6 Å². The lowest BCUT2D eigenvalue weighted by Crippen LogP contribution is -2.39. The number of aromatic amines is 1. The summed E-state index contributed by atoms with van der Waals surface area (Å²) in [6.45, 7) is 0.304. The smallest absolute Gasteiger partial charge is 0.257 e. The predicted octanol–water partition coefficient (Wildman–Crippen LogP) is 0.0979. The number of hydrogen-bond donors (Lipinski definition) is 2. The van der Waals surface area contributed by atoms with Crippen LogP contribution in [0.2, 0.25) is 0 Å². The molecule has 86 valence electrons. The molecule has 0 spiro atoms. The third kappa shape index (κ3) is 3.56. The SMILES string of the molecule is COCC(CBr)NS(=O)(=O)c1ccn[nH]1. The molecule has 1 heterocycles. The maximum atomic E-state index is 11.7. The molecule has 0 aromatic carbocycles. The van der Waals surface area contributed by atoms with Crippen LogP contribution in [0.3, 0.4) is 0 Å². The summed E-state index contributed by atoms with van der Waals surface area (Å²) in [4.78, 5) is 0. The van der Waals surface area contributed by atoms with Crippen LogP contribution in [-0.2, 0) is 14.8 Å². The van der Waals surface area contributed by atoms with E-state index in [2.05, 4.69) is 30.8 Å². The number of aromatic nitrogens is 2. The largest absolute Gasteiger partial charge is 0.383 e. The Kier molecular flexibility index (Phi) is 4.71. The minimum absolute atomic E-state index is 0.0459. The third-order valence-corrected chi connectivity index (χ3v) is 3.87. The van der Waals surface area contributed by atoms with Crippen LogP contribution in [0.5, 0.6) is 0 Å². The number of nitrogens with one attached hydrogen (secondary N) is 2. The molecule has 0 bridgehead atoms. The second-order valence-electron chi connectivity index (χ2n) is 2.85. The lowest BCUT2D eigenvalue weighted by atomic mass is 10.4. The van der Waals surface area contributed by atoms with E-state index >= 15 is 0 Å². The number of sulfonamides is 1. The minimum atomic E-state index is -3.53. The van der Waals surface area contributed by atoms with E-state index in [1.54, 1.807) is 0 Å². The standard InChI is InChI=1S/C7H12BrN3O3S/c1-14-5-6(4-8)11-15(12,13)7-2-3-9-10-7/h2-3,6,11H,4-5H2,1H3,(H,9,10). The molecule has 8 heteroatoms. The zero-order chi connectivity index (χ0) is 11.3. The topological polar surface area (TPSA) is 84.1 Å². The van der Waals surface area contributed by atoms with Crippen LogP contribution in [0.4, 0.5) is 0 Å². The van der Waals surface area contributed by atoms with Gasteiger partial charge in [0.05, 0.1) is 18.8 Å². The number of rotatable bonds is 6. The lowest BCUT2D eigenvalue weighted by molar-refractivity contribution is 0.182. The second kappa shape index (κ2) is 5.59. The van der Waals surface area contributed by atoms with E-state index in [0.29, 0.717) is 11.9 Å². The van der Waals surface area contributed by atoms with Gasteiger partial charge in [-0.15, -0.1) is 0 Å². The van der Waals surface area contributed by atoms with E-state index in [1.165, 1.54) is 19.4 Å². The predicted molar refractivity (Wildman–Crippen MR) is 58.4 cm³/mol. The molecule has 0 aliphatic rings. The molecule has 0 aliphatic carbocycles. The molecule has 1 atom stereocenters. The monoisotopic (exact) mass is 297 g/mol. The molecule has 0 aliphatic heterocycles. The van der Waals surface area contributed by atoms with Crippen LogP contribution in [0.15, 0.2) is 17.3 Å². The van der Waals surface area contributed by atoms with E-state index in [4.69, 9.17) is 4.74 Å². The first-order valence-corrected chi connectivity index (χ1v) is 6.77. The summed E-state index contributed by atoms with van der Waals surface area (Å²) in [6, 6.07) is 1.09. The fourth-order valence-electron chi connectivity index (χ4n) is 0.987. The number of H-pyrrole nitrogens is 1. The fourth-order valence-corrected chi connectivity index (χ4v) is 2.68. The van der Waals surface area contributed by atoms with Crippen molar-refractivity contribution in [3.8, 4) is 0 Å². The van der Waals surface area contributed by atoms with Crippen molar-refractivity contribution in [1.29, 1.82) is 0 Å². The number of halogens is 1. The molecule has 0 radical (unpaired) electrons. The van der Waals surface area contributed by atoms with Gasteiger partial charge >= 0.3 is 0 Å². The first-order chi connectivity index (χ1) is 7.10. The Morgan fingerprint density at radius 3 is 2.93 bits per heavy atom. The van der Waals surface area contributed by atoms with Crippen LogP contribution in [0.1, 0.15) is 0 Å². The molecule has 0 fully saturated rings. The van der Waals surface area contributed by atoms with E-state index in [0.717, 1.165) is 0 Å². The van der Waals surface area contributed by atoms with Gasteiger partial charge in [0.1, 0.15) is 0 Å². The molecule has 2 N–H and O–H groups in total. The van der Waals surface area contributed by atoms with Crippen LogP contribution in [-0.4, -0.2) is 43.7 Å². The molecular weight excluding hydrogens is 286 g/mol. The van der Waals surface area contributed by atoms with Gasteiger partial charge in [-0.3, -0.25) is 5.10 Å². The van der Waals surface area contributed by atoms with Gasteiger partial charge in [-0.05, 0) is 6.07 Å². The van der Waals surface area contributed by atoms with Gasteiger partial charge in [-0.25, -0.2) is 13.1 Å². The van der Waals surface area contributed by atoms with Crippen molar-refractivity contribution in [2.75, 3.05) is 19.0 Å². The number of methoxy groups -OCH3 is 1. The Bertz CT molecular complexity index is 378. The lowest BCUT2D eigenvalue weighted by Gasteiger charge is -2.14. The van der Waals surface area contributed by atoms with E-state index < -0.39 is 10.0 Å². The Balaban J connectivity index is 2.72. The average molecular weight is 298 g/mol. The summed E-state index contributed by atoms with van der Waals surface area (Å²) in [7, 11) is -2.01. The summed E-state index contributed by atoms with van der Waals surface area (Å²) in [5.74, 6) is 0. The van der Waals surface area contributed by atoms with Crippen LogP contribution in [0.25, 0.3) is 0 Å². The number of nitrogens with zero attached hydrogens (tertiary/aromatic N) is 1. The first-order valence-electron chi connectivity index (χ1n) is 4.16.